The van der Waals surface area contributed by atoms with E-state index in [1.54, 1.807) is 0 Å². The molecule has 2 aliphatic heterocycles. The molecule has 0 saturated heterocycles. The van der Waals surface area contributed by atoms with Gasteiger partial charge in [-0.3, -0.25) is 33.8 Å². The molecule has 0 spiro atoms. The Hall–Kier alpha value is -3.81. The maximum absolute atomic E-state index is 12.5. The van der Waals surface area contributed by atoms with Crippen LogP contribution in [0.2, 0.25) is 0 Å². The third-order valence-corrected chi connectivity index (χ3v) is 4.70. The van der Waals surface area contributed by atoms with Crippen molar-refractivity contribution in [3.05, 3.63) is 64.2 Å². The Labute approximate surface area is 153 Å². The molecule has 27 heavy (non-hydrogen) atoms. The molecule has 1 N–H and O–H groups in total. The van der Waals surface area contributed by atoms with Crippen molar-refractivity contribution in [2.75, 3.05) is 19.4 Å². The van der Waals surface area contributed by atoms with Crippen molar-refractivity contribution in [1.82, 2.24) is 9.80 Å². The monoisotopic (exact) mass is 363 g/mol. The molecule has 0 aromatic heterocycles. The lowest BCUT2D eigenvalue weighted by Gasteiger charge is -2.07. The number of rotatable bonds is 2. The minimum absolute atomic E-state index is 0.173. The first-order valence-corrected chi connectivity index (χ1v) is 8.04. The van der Waals surface area contributed by atoms with E-state index in [2.05, 4.69) is 5.32 Å². The highest BCUT2D eigenvalue weighted by Gasteiger charge is 2.34. The molecule has 2 aromatic carbocycles. The smallest absolute Gasteiger partial charge is 0.261 e. The first-order chi connectivity index (χ1) is 12.8. The zero-order chi connectivity index (χ0) is 19.5. The average Bonchev–Trinajstić information content (AvgIpc) is 3.02. The van der Waals surface area contributed by atoms with Gasteiger partial charge in [0.1, 0.15) is 0 Å². The van der Waals surface area contributed by atoms with Crippen LogP contribution in [-0.4, -0.2) is 53.4 Å². The van der Waals surface area contributed by atoms with Gasteiger partial charge in [0.05, 0.1) is 22.3 Å². The third-order valence-electron chi connectivity index (χ3n) is 4.70. The molecule has 4 rings (SSSR count). The van der Waals surface area contributed by atoms with Crippen LogP contribution in [0.3, 0.4) is 0 Å². The van der Waals surface area contributed by atoms with E-state index < -0.39 is 29.5 Å². The summed E-state index contributed by atoms with van der Waals surface area (Å²) in [7, 11) is 2.77. The van der Waals surface area contributed by atoms with Gasteiger partial charge in [-0.05, 0) is 36.4 Å². The molecular weight excluding hydrogens is 350 g/mol. The van der Waals surface area contributed by atoms with E-state index in [0.717, 1.165) is 9.80 Å². The van der Waals surface area contributed by atoms with Gasteiger partial charge in [-0.2, -0.15) is 0 Å². The van der Waals surface area contributed by atoms with Crippen molar-refractivity contribution in [3.63, 3.8) is 0 Å². The van der Waals surface area contributed by atoms with E-state index in [1.165, 1.54) is 50.5 Å². The van der Waals surface area contributed by atoms with Crippen molar-refractivity contribution >= 4 is 35.2 Å². The lowest BCUT2D eigenvalue weighted by atomic mass is 10.0. The fraction of sp³-hybridized carbons (Fsp3) is 0.105. The minimum atomic E-state index is -0.502. The summed E-state index contributed by atoms with van der Waals surface area (Å²) in [5.41, 5.74) is 1.47. The van der Waals surface area contributed by atoms with Crippen LogP contribution in [0.4, 0.5) is 5.69 Å². The second-order valence-corrected chi connectivity index (χ2v) is 6.31. The standard InChI is InChI=1S/C19H13N3O5/c1-21-16(24)11-5-3-9(7-13(11)18(21)26)15(23)20-10-4-6-12-14(8-10)19(27)22(2)17(12)25/h3-8H,1-2H3,(H,20,23). The molecule has 0 radical (unpaired) electrons. The number of carbonyl (C=O) groups excluding carboxylic acids is 5. The van der Waals surface area contributed by atoms with Crippen LogP contribution in [0.25, 0.3) is 0 Å². The summed E-state index contributed by atoms with van der Waals surface area (Å²) >= 11 is 0. The molecule has 8 heteroatoms. The Morgan fingerprint density at radius 3 is 1.78 bits per heavy atom. The van der Waals surface area contributed by atoms with E-state index in [9.17, 15) is 24.0 Å². The Morgan fingerprint density at radius 2 is 1.19 bits per heavy atom. The SMILES string of the molecule is CN1C(=O)c2ccc(NC(=O)c3ccc4c(c3)C(=O)N(C)C4=O)cc2C1=O. The second-order valence-electron chi connectivity index (χ2n) is 6.31. The van der Waals surface area contributed by atoms with Gasteiger partial charge in [-0.25, -0.2) is 0 Å². The zero-order valence-corrected chi connectivity index (χ0v) is 14.4. The Bertz CT molecular complexity index is 1090. The fourth-order valence-electron chi connectivity index (χ4n) is 3.14. The summed E-state index contributed by atoms with van der Waals surface area (Å²) in [4.78, 5) is 62.5. The number of hydrogen-bond donors (Lipinski definition) is 1. The molecule has 2 heterocycles. The highest BCUT2D eigenvalue weighted by atomic mass is 16.2. The third kappa shape index (κ3) is 2.34. The molecule has 2 aromatic rings. The van der Waals surface area contributed by atoms with E-state index in [1.807, 2.05) is 0 Å². The van der Waals surface area contributed by atoms with Crippen LogP contribution in [0.15, 0.2) is 36.4 Å². The van der Waals surface area contributed by atoms with Crippen LogP contribution in [0.5, 0.6) is 0 Å². The number of fused-ring (bicyclic) bond motifs is 2. The van der Waals surface area contributed by atoms with Gasteiger partial charge in [0.15, 0.2) is 0 Å². The molecule has 0 aliphatic carbocycles. The van der Waals surface area contributed by atoms with Crippen LogP contribution in [0, 0.1) is 0 Å². The first kappa shape index (κ1) is 16.6. The molecule has 2 aliphatic rings. The summed E-state index contributed by atoms with van der Waals surface area (Å²) in [5, 5.41) is 2.64. The van der Waals surface area contributed by atoms with E-state index >= 15 is 0 Å². The molecule has 0 atom stereocenters. The number of nitrogens with zero attached hydrogens (tertiary/aromatic N) is 2. The highest BCUT2D eigenvalue weighted by molar-refractivity contribution is 6.23. The summed E-state index contributed by atoms with van der Waals surface area (Å²) < 4.78 is 0. The van der Waals surface area contributed by atoms with Crippen molar-refractivity contribution in [2.24, 2.45) is 0 Å². The molecular formula is C19H13N3O5. The Balaban J connectivity index is 1.62. The predicted octanol–water partition coefficient (Wildman–Crippen LogP) is 1.39. The van der Waals surface area contributed by atoms with Crippen LogP contribution in [-0.2, 0) is 0 Å². The van der Waals surface area contributed by atoms with Gasteiger partial charge < -0.3 is 5.32 Å². The predicted molar refractivity (Wildman–Crippen MR) is 93.7 cm³/mol. The molecule has 134 valence electrons. The molecule has 0 saturated carbocycles. The number of amides is 5. The molecule has 0 unspecified atom stereocenters. The Kier molecular flexibility index (Phi) is 3.45. The molecule has 8 nitrogen and oxygen atoms in total. The topological polar surface area (TPSA) is 104 Å². The van der Waals surface area contributed by atoms with E-state index in [-0.39, 0.29) is 27.8 Å². The number of nitrogens with one attached hydrogen (secondary N) is 1. The second kappa shape index (κ2) is 5.60. The van der Waals surface area contributed by atoms with E-state index in [4.69, 9.17) is 0 Å². The minimum Gasteiger partial charge on any atom is -0.322 e. The maximum atomic E-state index is 12.5. The summed E-state index contributed by atoms with van der Waals surface area (Å²) in [6.07, 6.45) is 0. The zero-order valence-electron chi connectivity index (χ0n) is 14.4. The number of carbonyl (C=O) groups is 5. The van der Waals surface area contributed by atoms with Crippen molar-refractivity contribution in [2.45, 2.75) is 0 Å². The first-order valence-electron chi connectivity index (χ1n) is 8.04. The number of imide groups is 2. The lowest BCUT2D eigenvalue weighted by molar-refractivity contribution is 0.0677. The van der Waals surface area contributed by atoms with E-state index in [0.29, 0.717) is 5.69 Å². The van der Waals surface area contributed by atoms with Gasteiger partial charge in [0, 0.05) is 25.3 Å². The molecule has 0 bridgehead atoms. The van der Waals surface area contributed by atoms with Crippen molar-refractivity contribution < 1.29 is 24.0 Å². The number of anilines is 1. The highest BCUT2D eigenvalue weighted by Crippen LogP contribution is 2.26. The van der Waals surface area contributed by atoms with Gasteiger partial charge in [-0.1, -0.05) is 0 Å². The van der Waals surface area contributed by atoms with Gasteiger partial charge >= 0.3 is 0 Å². The summed E-state index contributed by atoms with van der Waals surface area (Å²) in [6, 6.07) is 8.70. The summed E-state index contributed by atoms with van der Waals surface area (Å²) in [5.74, 6) is -2.20. The summed E-state index contributed by atoms with van der Waals surface area (Å²) in [6.45, 7) is 0. The van der Waals surface area contributed by atoms with Crippen LogP contribution >= 0.6 is 0 Å². The van der Waals surface area contributed by atoms with Crippen LogP contribution in [0.1, 0.15) is 51.8 Å². The fourth-order valence-corrected chi connectivity index (χ4v) is 3.14. The van der Waals surface area contributed by atoms with Gasteiger partial charge in [0.25, 0.3) is 29.5 Å². The quantitative estimate of drug-likeness (QED) is 0.812. The maximum Gasteiger partial charge on any atom is 0.261 e. The molecule has 5 amide bonds. The van der Waals surface area contributed by atoms with Gasteiger partial charge in [-0.15, -0.1) is 0 Å². The molecule has 0 fully saturated rings. The largest absolute Gasteiger partial charge is 0.322 e. The van der Waals surface area contributed by atoms with Gasteiger partial charge in [0.2, 0.25) is 0 Å². The Morgan fingerprint density at radius 1 is 0.704 bits per heavy atom. The normalized spacial score (nSPS) is 15.3. The number of benzene rings is 2. The van der Waals surface area contributed by atoms with Crippen molar-refractivity contribution in [1.29, 1.82) is 0 Å². The van der Waals surface area contributed by atoms with Crippen LogP contribution < -0.4 is 5.32 Å². The number of hydrogen-bond acceptors (Lipinski definition) is 5. The van der Waals surface area contributed by atoms with Crippen molar-refractivity contribution in [3.8, 4) is 0 Å². The average molecular weight is 363 g/mol. The lowest BCUT2D eigenvalue weighted by Crippen LogP contribution is -2.24.